The van der Waals surface area contributed by atoms with Crippen LogP contribution >= 0.6 is 0 Å². The minimum atomic E-state index is -0.824. The van der Waals surface area contributed by atoms with Gasteiger partial charge in [0.25, 0.3) is 0 Å². The first-order valence-corrected chi connectivity index (χ1v) is 7.87. The highest BCUT2D eigenvalue weighted by atomic mass is 16.4. The first-order chi connectivity index (χ1) is 9.66. The molecule has 4 heteroatoms. The normalized spacial score (nSPS) is 36.1. The molecule has 1 amide bonds. The maximum absolute atomic E-state index is 12.6. The van der Waals surface area contributed by atoms with E-state index in [4.69, 9.17) is 0 Å². The molecule has 3 aliphatic rings. The monoisotopic (exact) mass is 277 g/mol. The molecule has 2 fully saturated rings. The molecular weight excluding hydrogens is 254 g/mol. The molecule has 1 aliphatic heterocycles. The SMILES string of the molecule is O=C(O)[C@@H]1C[C@@H]2CCCC[C@@H]2N1C(=O)C[C@@H]1C=CCC1. The van der Waals surface area contributed by atoms with Gasteiger partial charge in [0.1, 0.15) is 6.04 Å². The second-order valence-electron chi connectivity index (χ2n) is 6.47. The molecule has 1 saturated heterocycles. The molecule has 1 N–H and O–H groups in total. The molecule has 0 unspecified atom stereocenters. The number of aliphatic carboxylic acids is 1. The zero-order valence-electron chi connectivity index (χ0n) is 11.8. The van der Waals surface area contributed by atoms with E-state index in [0.29, 0.717) is 24.7 Å². The van der Waals surface area contributed by atoms with E-state index in [-0.39, 0.29) is 11.9 Å². The fourth-order valence-electron chi connectivity index (χ4n) is 4.23. The van der Waals surface area contributed by atoms with Gasteiger partial charge in [0.05, 0.1) is 0 Å². The van der Waals surface area contributed by atoms with Gasteiger partial charge in [-0.25, -0.2) is 4.79 Å². The van der Waals surface area contributed by atoms with Crippen LogP contribution in [-0.4, -0.2) is 34.0 Å². The molecule has 20 heavy (non-hydrogen) atoms. The lowest BCUT2D eigenvalue weighted by molar-refractivity contribution is -0.150. The summed E-state index contributed by atoms with van der Waals surface area (Å²) in [5.41, 5.74) is 0. The van der Waals surface area contributed by atoms with Crippen LogP contribution in [0.5, 0.6) is 0 Å². The van der Waals surface area contributed by atoms with Crippen molar-refractivity contribution >= 4 is 11.9 Å². The number of carbonyl (C=O) groups excluding carboxylic acids is 1. The Morgan fingerprint density at radius 3 is 2.70 bits per heavy atom. The van der Waals surface area contributed by atoms with Gasteiger partial charge >= 0.3 is 5.97 Å². The molecule has 1 saturated carbocycles. The summed E-state index contributed by atoms with van der Waals surface area (Å²) in [7, 11) is 0. The van der Waals surface area contributed by atoms with E-state index in [1.165, 1.54) is 6.42 Å². The van der Waals surface area contributed by atoms with E-state index < -0.39 is 12.0 Å². The van der Waals surface area contributed by atoms with Crippen LogP contribution in [0.15, 0.2) is 12.2 Å². The Balaban J connectivity index is 1.74. The highest BCUT2D eigenvalue weighted by Crippen LogP contribution is 2.40. The Kier molecular flexibility index (Phi) is 3.81. The molecule has 0 radical (unpaired) electrons. The molecule has 0 aromatic heterocycles. The molecule has 0 aromatic carbocycles. The summed E-state index contributed by atoms with van der Waals surface area (Å²) in [6.45, 7) is 0. The van der Waals surface area contributed by atoms with Crippen LogP contribution in [0.1, 0.15) is 51.4 Å². The van der Waals surface area contributed by atoms with Gasteiger partial charge in [-0.05, 0) is 43.9 Å². The van der Waals surface area contributed by atoms with Crippen LogP contribution in [0, 0.1) is 11.8 Å². The van der Waals surface area contributed by atoms with Crippen molar-refractivity contribution in [2.24, 2.45) is 11.8 Å². The largest absolute Gasteiger partial charge is 0.480 e. The summed E-state index contributed by atoms with van der Waals surface area (Å²) in [6, 6.07) is -0.399. The number of carboxylic acids is 1. The van der Waals surface area contributed by atoms with Crippen LogP contribution < -0.4 is 0 Å². The number of carboxylic acid groups (broad SMARTS) is 1. The summed E-state index contributed by atoms with van der Waals surface area (Å²) < 4.78 is 0. The van der Waals surface area contributed by atoms with Gasteiger partial charge in [0.2, 0.25) is 5.91 Å². The number of rotatable bonds is 3. The zero-order valence-corrected chi connectivity index (χ0v) is 11.8. The fraction of sp³-hybridized carbons (Fsp3) is 0.750. The molecular formula is C16H23NO3. The van der Waals surface area contributed by atoms with Gasteiger partial charge in [-0.3, -0.25) is 4.79 Å². The van der Waals surface area contributed by atoms with Gasteiger partial charge in [0, 0.05) is 12.5 Å². The molecule has 110 valence electrons. The van der Waals surface area contributed by atoms with Gasteiger partial charge in [-0.2, -0.15) is 0 Å². The maximum Gasteiger partial charge on any atom is 0.326 e. The zero-order chi connectivity index (χ0) is 14.1. The lowest BCUT2D eigenvalue weighted by Crippen LogP contribution is -2.46. The summed E-state index contributed by atoms with van der Waals surface area (Å²) in [4.78, 5) is 25.8. The van der Waals surface area contributed by atoms with E-state index in [1.807, 2.05) is 0 Å². The van der Waals surface area contributed by atoms with Crippen molar-refractivity contribution in [2.75, 3.05) is 0 Å². The molecule has 1 heterocycles. The Morgan fingerprint density at radius 1 is 1.20 bits per heavy atom. The Morgan fingerprint density at radius 2 is 2.00 bits per heavy atom. The van der Waals surface area contributed by atoms with Gasteiger partial charge < -0.3 is 10.0 Å². The molecule has 4 nitrogen and oxygen atoms in total. The van der Waals surface area contributed by atoms with Crippen molar-refractivity contribution in [2.45, 2.75) is 63.5 Å². The summed E-state index contributed by atoms with van der Waals surface area (Å²) in [6.07, 6.45) is 11.8. The quantitative estimate of drug-likeness (QED) is 0.807. The van der Waals surface area contributed by atoms with Crippen LogP contribution in [0.25, 0.3) is 0 Å². The average molecular weight is 277 g/mol. The predicted octanol–water partition coefficient (Wildman–Crippen LogP) is 2.59. The van der Waals surface area contributed by atoms with Crippen molar-refractivity contribution in [3.63, 3.8) is 0 Å². The van der Waals surface area contributed by atoms with Crippen LogP contribution in [0.4, 0.5) is 0 Å². The number of hydrogen-bond donors (Lipinski definition) is 1. The number of fused-ring (bicyclic) bond motifs is 1. The van der Waals surface area contributed by atoms with E-state index >= 15 is 0 Å². The average Bonchev–Trinajstić information content (AvgIpc) is 3.04. The summed E-state index contributed by atoms with van der Waals surface area (Å²) in [5, 5.41) is 9.43. The van der Waals surface area contributed by atoms with Crippen molar-refractivity contribution in [3.05, 3.63) is 12.2 Å². The molecule has 0 bridgehead atoms. The highest BCUT2D eigenvalue weighted by molar-refractivity contribution is 5.85. The minimum Gasteiger partial charge on any atom is -0.480 e. The molecule has 4 atom stereocenters. The number of likely N-dealkylation sites (tertiary alicyclic amines) is 1. The van der Waals surface area contributed by atoms with E-state index in [0.717, 1.165) is 32.1 Å². The first-order valence-electron chi connectivity index (χ1n) is 7.87. The molecule has 0 aromatic rings. The third kappa shape index (κ3) is 2.48. The van der Waals surface area contributed by atoms with Crippen molar-refractivity contribution in [1.29, 1.82) is 0 Å². The molecule has 0 spiro atoms. The third-order valence-corrected chi connectivity index (χ3v) is 5.21. The lowest BCUT2D eigenvalue weighted by Gasteiger charge is -2.33. The number of allylic oxidation sites excluding steroid dienone is 2. The van der Waals surface area contributed by atoms with Crippen LogP contribution in [-0.2, 0) is 9.59 Å². The van der Waals surface area contributed by atoms with Crippen LogP contribution in [0.2, 0.25) is 0 Å². The number of amides is 1. The third-order valence-electron chi connectivity index (χ3n) is 5.21. The first kappa shape index (κ1) is 13.7. The molecule has 3 rings (SSSR count). The van der Waals surface area contributed by atoms with E-state index in [2.05, 4.69) is 12.2 Å². The van der Waals surface area contributed by atoms with Gasteiger partial charge in [-0.15, -0.1) is 0 Å². The maximum atomic E-state index is 12.6. The Labute approximate surface area is 119 Å². The second kappa shape index (κ2) is 5.58. The minimum absolute atomic E-state index is 0.0587. The summed E-state index contributed by atoms with van der Waals surface area (Å²) in [5.74, 6) is -0.0365. The number of hydrogen-bond acceptors (Lipinski definition) is 2. The van der Waals surface area contributed by atoms with Gasteiger partial charge in [0.15, 0.2) is 0 Å². The van der Waals surface area contributed by atoms with Gasteiger partial charge in [-0.1, -0.05) is 25.0 Å². The van der Waals surface area contributed by atoms with E-state index in [9.17, 15) is 14.7 Å². The van der Waals surface area contributed by atoms with Crippen LogP contribution in [0.3, 0.4) is 0 Å². The lowest BCUT2D eigenvalue weighted by atomic mass is 9.84. The highest BCUT2D eigenvalue weighted by Gasteiger charge is 2.47. The van der Waals surface area contributed by atoms with E-state index in [1.54, 1.807) is 4.90 Å². The standard InChI is InChI=1S/C16H23NO3/c18-15(9-11-5-1-2-6-11)17-13-8-4-3-7-12(13)10-14(17)16(19)20/h1,5,11-14H,2-4,6-10H2,(H,19,20)/t11-,12+,13+,14+/m1/s1. The topological polar surface area (TPSA) is 57.6 Å². The van der Waals surface area contributed by atoms with Crippen molar-refractivity contribution in [1.82, 2.24) is 4.90 Å². The molecule has 2 aliphatic carbocycles. The number of carbonyl (C=O) groups is 2. The van der Waals surface area contributed by atoms with Crippen molar-refractivity contribution in [3.8, 4) is 0 Å². The Hall–Kier alpha value is -1.32. The summed E-state index contributed by atoms with van der Waals surface area (Å²) >= 11 is 0. The second-order valence-corrected chi connectivity index (χ2v) is 6.47. The predicted molar refractivity (Wildman–Crippen MR) is 75.1 cm³/mol. The number of nitrogens with zero attached hydrogens (tertiary/aromatic N) is 1. The fourth-order valence-corrected chi connectivity index (χ4v) is 4.23. The Bertz CT molecular complexity index is 431. The smallest absolute Gasteiger partial charge is 0.326 e. The van der Waals surface area contributed by atoms with Crippen molar-refractivity contribution < 1.29 is 14.7 Å².